The molecule has 0 spiro atoms. The van der Waals surface area contributed by atoms with Gasteiger partial charge >= 0.3 is 0 Å². The Hall–Kier alpha value is -1.27. The van der Waals surface area contributed by atoms with Crippen molar-refractivity contribution >= 4 is 46.6 Å². The number of hydrogen-bond donors (Lipinski definition) is 1. The van der Waals surface area contributed by atoms with E-state index in [1.54, 1.807) is 18.2 Å². The van der Waals surface area contributed by atoms with Crippen LogP contribution in [0.15, 0.2) is 24.3 Å². The van der Waals surface area contributed by atoms with Gasteiger partial charge in [-0.1, -0.05) is 0 Å². The quantitative estimate of drug-likeness (QED) is 0.676. The predicted molar refractivity (Wildman–Crippen MR) is 65.1 cm³/mol. The van der Waals surface area contributed by atoms with E-state index in [4.69, 9.17) is 23.7 Å². The van der Waals surface area contributed by atoms with Gasteiger partial charge in [-0.25, -0.2) is 10.5 Å². The number of hydrogen-bond acceptors (Lipinski definition) is 5. The molecule has 0 saturated carbocycles. The molecule has 0 aliphatic carbocycles. The molecule has 1 aromatic carbocycles. The number of nitrogens with zero attached hydrogens (tertiary/aromatic N) is 1. The lowest BCUT2D eigenvalue weighted by Crippen LogP contribution is -2.28. The largest absolute Gasteiger partial charge is 0.295 e. The Bertz CT molecular complexity index is 490. The lowest BCUT2D eigenvalue weighted by molar-refractivity contribution is -0.112. The molecule has 0 atom stereocenters. The first kappa shape index (κ1) is 12.2. The van der Waals surface area contributed by atoms with Crippen LogP contribution >= 0.6 is 23.7 Å². The van der Waals surface area contributed by atoms with Crippen molar-refractivity contribution < 1.29 is 13.6 Å². The number of halogens is 2. The molecule has 1 aliphatic rings. The van der Waals surface area contributed by atoms with Gasteiger partial charge in [0.25, 0.3) is 0 Å². The number of nitrogens with one attached hydrogen (secondary N) is 1. The standard InChI is InChI=1S/C10H8Cl2N2O3/c1-6(15)4-9-8-3-2-7(13-16-11)5-10(8)14(9)17-12/h2-5,13H,1H3. The van der Waals surface area contributed by atoms with Crippen molar-refractivity contribution in [1.29, 1.82) is 0 Å². The molecule has 0 radical (unpaired) electrons. The molecule has 90 valence electrons. The van der Waals surface area contributed by atoms with Crippen molar-refractivity contribution in [2.45, 2.75) is 6.92 Å². The van der Waals surface area contributed by atoms with Gasteiger partial charge in [-0.2, -0.15) is 8.78 Å². The van der Waals surface area contributed by atoms with Crippen LogP contribution in [-0.4, -0.2) is 5.78 Å². The average Bonchev–Trinajstić information content (AvgIpc) is 2.28. The van der Waals surface area contributed by atoms with Gasteiger partial charge in [-0.15, -0.1) is 0 Å². The van der Waals surface area contributed by atoms with E-state index < -0.39 is 0 Å². The zero-order valence-corrected chi connectivity index (χ0v) is 10.2. The van der Waals surface area contributed by atoms with Gasteiger partial charge in [-0.05, 0) is 25.1 Å². The van der Waals surface area contributed by atoms with Crippen molar-refractivity contribution in [3.8, 4) is 0 Å². The fraction of sp³-hybridized carbons (Fsp3) is 0.100. The van der Waals surface area contributed by atoms with Crippen molar-refractivity contribution in [1.82, 2.24) is 0 Å². The van der Waals surface area contributed by atoms with Crippen LogP contribution in [0.1, 0.15) is 12.5 Å². The molecule has 1 aliphatic heterocycles. The second-order valence-corrected chi connectivity index (χ2v) is 3.71. The SMILES string of the molecule is CC(=O)C=C1c2ccc(NOCl)cc2N1OCl. The third kappa shape index (κ3) is 2.23. The first-order chi connectivity index (χ1) is 8.17. The first-order valence-electron chi connectivity index (χ1n) is 4.66. The van der Waals surface area contributed by atoms with Crippen molar-refractivity contribution in [2.24, 2.45) is 0 Å². The Morgan fingerprint density at radius 3 is 2.82 bits per heavy atom. The van der Waals surface area contributed by atoms with E-state index in [0.717, 1.165) is 5.56 Å². The van der Waals surface area contributed by atoms with Crippen LogP contribution in [0.3, 0.4) is 0 Å². The number of anilines is 2. The molecule has 0 unspecified atom stereocenters. The van der Waals surface area contributed by atoms with E-state index in [2.05, 4.69) is 14.3 Å². The molecule has 5 nitrogen and oxygen atoms in total. The minimum absolute atomic E-state index is 0.0874. The monoisotopic (exact) mass is 274 g/mol. The average molecular weight is 275 g/mol. The molecule has 1 aromatic rings. The fourth-order valence-corrected chi connectivity index (χ4v) is 1.85. The fourth-order valence-electron chi connectivity index (χ4n) is 1.61. The molecule has 0 aromatic heterocycles. The molecule has 0 bridgehead atoms. The van der Waals surface area contributed by atoms with Gasteiger partial charge in [-0.3, -0.25) is 4.79 Å². The van der Waals surface area contributed by atoms with Crippen LogP contribution in [0.25, 0.3) is 5.70 Å². The zero-order valence-electron chi connectivity index (χ0n) is 8.74. The molecular formula is C10H8Cl2N2O3. The molecule has 1 N–H and O–H groups in total. The van der Waals surface area contributed by atoms with Gasteiger partial charge in [0, 0.05) is 11.6 Å². The predicted octanol–water partition coefficient (Wildman–Crippen LogP) is 3.02. The van der Waals surface area contributed by atoms with Crippen LogP contribution in [0, 0.1) is 0 Å². The summed E-state index contributed by atoms with van der Waals surface area (Å²) < 4.78 is 8.91. The number of benzene rings is 1. The number of ketones is 1. The molecular weight excluding hydrogens is 267 g/mol. The minimum Gasteiger partial charge on any atom is -0.295 e. The zero-order chi connectivity index (χ0) is 12.4. The van der Waals surface area contributed by atoms with Gasteiger partial charge in [0.2, 0.25) is 0 Å². The number of hydroxylamine groups is 1. The number of carbonyl (C=O) groups is 1. The molecule has 0 saturated heterocycles. The molecule has 1 heterocycles. The number of allylic oxidation sites excluding steroid dienone is 1. The van der Waals surface area contributed by atoms with E-state index in [0.29, 0.717) is 17.1 Å². The smallest absolute Gasteiger partial charge is 0.154 e. The number of carbonyl (C=O) groups excluding carboxylic acids is 1. The lowest BCUT2D eigenvalue weighted by Gasteiger charge is -2.34. The number of fused-ring (bicyclic) bond motifs is 1. The summed E-state index contributed by atoms with van der Waals surface area (Å²) in [6.45, 7) is 1.45. The van der Waals surface area contributed by atoms with Gasteiger partial charge in [0.05, 0.1) is 40.8 Å². The highest BCUT2D eigenvalue weighted by Crippen LogP contribution is 2.44. The van der Waals surface area contributed by atoms with Crippen molar-refractivity contribution in [3.05, 3.63) is 29.8 Å². The summed E-state index contributed by atoms with van der Waals surface area (Å²) in [4.78, 5) is 11.0. The highest BCUT2D eigenvalue weighted by atomic mass is 35.5. The van der Waals surface area contributed by atoms with Gasteiger partial charge in [0.15, 0.2) is 5.78 Å². The van der Waals surface area contributed by atoms with Crippen LogP contribution in [0.5, 0.6) is 0 Å². The Morgan fingerprint density at radius 1 is 1.47 bits per heavy atom. The summed E-state index contributed by atoms with van der Waals surface area (Å²) in [6.07, 6.45) is 1.44. The van der Waals surface area contributed by atoms with Crippen LogP contribution < -0.4 is 10.5 Å². The topological polar surface area (TPSA) is 50.8 Å². The maximum absolute atomic E-state index is 11.0. The summed E-state index contributed by atoms with van der Waals surface area (Å²) in [7, 11) is 0. The number of rotatable bonds is 4. The van der Waals surface area contributed by atoms with E-state index in [1.165, 1.54) is 18.1 Å². The van der Waals surface area contributed by atoms with Crippen LogP contribution in [0.2, 0.25) is 0 Å². The molecule has 0 amide bonds. The minimum atomic E-state index is -0.0874. The van der Waals surface area contributed by atoms with Gasteiger partial charge < -0.3 is 0 Å². The maximum atomic E-state index is 11.0. The maximum Gasteiger partial charge on any atom is 0.154 e. The van der Waals surface area contributed by atoms with E-state index >= 15 is 0 Å². The summed E-state index contributed by atoms with van der Waals surface area (Å²) in [6, 6.07) is 5.27. The van der Waals surface area contributed by atoms with E-state index in [-0.39, 0.29) is 5.78 Å². The third-order valence-corrected chi connectivity index (χ3v) is 2.49. The summed E-state index contributed by atoms with van der Waals surface area (Å²) in [5.41, 5.74) is 5.29. The van der Waals surface area contributed by atoms with E-state index in [1.807, 2.05) is 0 Å². The summed E-state index contributed by atoms with van der Waals surface area (Å²) in [5, 5.41) is 1.33. The molecule has 2 rings (SSSR count). The second-order valence-electron chi connectivity index (χ2n) is 3.41. The van der Waals surface area contributed by atoms with Gasteiger partial charge in [0.1, 0.15) is 0 Å². The highest BCUT2D eigenvalue weighted by Gasteiger charge is 2.31. The Kier molecular flexibility index (Phi) is 3.54. The van der Waals surface area contributed by atoms with Crippen LogP contribution in [0.4, 0.5) is 11.4 Å². The summed E-state index contributed by atoms with van der Waals surface area (Å²) >= 11 is 10.4. The first-order valence-corrected chi connectivity index (χ1v) is 5.28. The Labute approximate surface area is 108 Å². The van der Waals surface area contributed by atoms with Crippen molar-refractivity contribution in [3.63, 3.8) is 0 Å². The lowest BCUT2D eigenvalue weighted by atomic mass is 9.99. The summed E-state index contributed by atoms with van der Waals surface area (Å²) in [5.74, 6) is -0.0874. The third-order valence-electron chi connectivity index (χ3n) is 2.28. The van der Waals surface area contributed by atoms with Crippen molar-refractivity contribution in [2.75, 3.05) is 10.5 Å². The molecule has 0 fully saturated rings. The highest BCUT2D eigenvalue weighted by molar-refractivity contribution is 6.12. The Morgan fingerprint density at radius 2 is 2.24 bits per heavy atom. The second kappa shape index (κ2) is 4.93. The molecule has 17 heavy (non-hydrogen) atoms. The normalized spacial score (nSPS) is 15.5. The van der Waals surface area contributed by atoms with E-state index in [9.17, 15) is 4.79 Å². The molecule has 7 heteroatoms. The van der Waals surface area contributed by atoms with Crippen LogP contribution in [-0.2, 0) is 13.6 Å². The Balaban J connectivity index is 2.36.